The maximum atomic E-state index is 11.2. The summed E-state index contributed by atoms with van der Waals surface area (Å²) in [4.78, 5) is 10.2. The van der Waals surface area contributed by atoms with E-state index in [4.69, 9.17) is 32.8 Å². The topological polar surface area (TPSA) is 86.5 Å². The van der Waals surface area contributed by atoms with Crippen molar-refractivity contribution in [3.8, 4) is 5.75 Å². The van der Waals surface area contributed by atoms with E-state index in [0.717, 1.165) is 6.07 Å². The fraction of sp³-hybridized carbons (Fsp3) is 0.125. The molecule has 0 aromatic heterocycles. The number of ether oxygens (including phenoxy) is 1. The molecule has 5 nitrogen and oxygen atoms in total. The van der Waals surface area contributed by atoms with Crippen molar-refractivity contribution < 1.29 is 17.9 Å². The van der Waals surface area contributed by atoms with Gasteiger partial charge in [-0.3, -0.25) is 4.79 Å². The molecule has 0 bridgehead atoms. The number of nitrogens with two attached hydrogens (primary N) is 1. The number of rotatable bonds is 4. The lowest BCUT2D eigenvalue weighted by Gasteiger charge is -2.07. The summed E-state index contributed by atoms with van der Waals surface area (Å²) in [6, 6.07) is 3.82. The minimum absolute atomic E-state index is 0.0711. The predicted octanol–water partition coefficient (Wildman–Crippen LogP) is 1.13. The van der Waals surface area contributed by atoms with Gasteiger partial charge < -0.3 is 10.5 Å². The van der Waals surface area contributed by atoms with Crippen LogP contribution in [0.2, 0.25) is 5.02 Å². The highest BCUT2D eigenvalue weighted by Crippen LogP contribution is 2.29. The van der Waals surface area contributed by atoms with Gasteiger partial charge in [0, 0.05) is 15.7 Å². The molecule has 0 fully saturated rings. The molecular formula is C8H7Cl2NO4S. The Morgan fingerprint density at radius 2 is 2.06 bits per heavy atom. The summed E-state index contributed by atoms with van der Waals surface area (Å²) < 4.78 is 27.2. The Morgan fingerprint density at radius 1 is 1.44 bits per heavy atom. The van der Waals surface area contributed by atoms with Gasteiger partial charge in [-0.05, 0) is 18.2 Å². The minimum Gasteiger partial charge on any atom is -0.482 e. The normalized spacial score (nSPS) is 11.1. The van der Waals surface area contributed by atoms with Crippen molar-refractivity contribution in [3.63, 3.8) is 0 Å². The van der Waals surface area contributed by atoms with Crippen LogP contribution in [0.3, 0.4) is 0 Å². The highest BCUT2D eigenvalue weighted by molar-refractivity contribution is 8.13. The van der Waals surface area contributed by atoms with Crippen LogP contribution in [0.1, 0.15) is 0 Å². The van der Waals surface area contributed by atoms with Crippen molar-refractivity contribution in [2.75, 3.05) is 6.61 Å². The van der Waals surface area contributed by atoms with E-state index >= 15 is 0 Å². The van der Waals surface area contributed by atoms with Crippen molar-refractivity contribution in [1.29, 1.82) is 0 Å². The fourth-order valence-electron chi connectivity index (χ4n) is 0.941. The maximum Gasteiger partial charge on any atom is 0.265 e. The van der Waals surface area contributed by atoms with E-state index < -0.39 is 21.6 Å². The average Bonchev–Trinajstić information content (AvgIpc) is 2.14. The molecule has 1 amide bonds. The first-order chi connectivity index (χ1) is 7.30. The summed E-state index contributed by atoms with van der Waals surface area (Å²) in [5, 5.41) is 0.186. The van der Waals surface area contributed by atoms with Crippen molar-refractivity contribution in [3.05, 3.63) is 23.2 Å². The quantitative estimate of drug-likeness (QED) is 0.840. The third kappa shape index (κ3) is 3.55. The minimum atomic E-state index is -3.99. The van der Waals surface area contributed by atoms with Gasteiger partial charge in [-0.2, -0.15) is 0 Å². The molecule has 0 saturated heterocycles. The first-order valence-electron chi connectivity index (χ1n) is 3.96. The number of primary amides is 1. The lowest BCUT2D eigenvalue weighted by molar-refractivity contribution is -0.120. The molecule has 2 N–H and O–H groups in total. The molecule has 0 heterocycles. The second-order valence-corrected chi connectivity index (χ2v) is 5.75. The Hall–Kier alpha value is -0.980. The van der Waals surface area contributed by atoms with Crippen LogP contribution in [-0.4, -0.2) is 20.9 Å². The van der Waals surface area contributed by atoms with Crippen LogP contribution in [-0.2, 0) is 13.8 Å². The summed E-state index contributed by atoms with van der Waals surface area (Å²) >= 11 is 5.62. The molecule has 1 rings (SSSR count). The van der Waals surface area contributed by atoms with E-state index in [1.165, 1.54) is 12.1 Å². The van der Waals surface area contributed by atoms with Gasteiger partial charge in [0.05, 0.1) is 0 Å². The van der Waals surface area contributed by atoms with Gasteiger partial charge in [0.25, 0.3) is 15.0 Å². The molecule has 0 aliphatic heterocycles. The summed E-state index contributed by atoms with van der Waals surface area (Å²) in [5.41, 5.74) is 4.86. The monoisotopic (exact) mass is 283 g/mol. The zero-order valence-corrected chi connectivity index (χ0v) is 10.1. The molecule has 0 atom stereocenters. The van der Waals surface area contributed by atoms with Crippen molar-refractivity contribution in [2.24, 2.45) is 5.73 Å². The lowest BCUT2D eigenvalue weighted by Crippen LogP contribution is -2.20. The third-order valence-electron chi connectivity index (χ3n) is 1.54. The fourth-order valence-corrected chi connectivity index (χ4v) is 2.17. The van der Waals surface area contributed by atoms with Crippen LogP contribution in [0.25, 0.3) is 0 Å². The zero-order chi connectivity index (χ0) is 12.3. The number of benzene rings is 1. The molecule has 1 aromatic carbocycles. The van der Waals surface area contributed by atoms with Gasteiger partial charge in [0.2, 0.25) is 0 Å². The van der Waals surface area contributed by atoms with Crippen LogP contribution in [0.15, 0.2) is 23.1 Å². The van der Waals surface area contributed by atoms with Crippen molar-refractivity contribution in [1.82, 2.24) is 0 Å². The molecule has 0 unspecified atom stereocenters. The van der Waals surface area contributed by atoms with E-state index in [1.807, 2.05) is 0 Å². The molecule has 0 spiro atoms. The number of halogens is 2. The molecule has 0 radical (unpaired) electrons. The number of carbonyl (C=O) groups excluding carboxylic acids is 1. The summed E-state index contributed by atoms with van der Waals surface area (Å²) in [5.74, 6) is -0.800. The van der Waals surface area contributed by atoms with Crippen LogP contribution in [0.4, 0.5) is 0 Å². The molecular weight excluding hydrogens is 277 g/mol. The van der Waals surface area contributed by atoms with E-state index in [2.05, 4.69) is 0 Å². The molecule has 0 saturated carbocycles. The van der Waals surface area contributed by atoms with Gasteiger partial charge in [-0.25, -0.2) is 8.42 Å². The maximum absolute atomic E-state index is 11.2. The molecule has 0 aliphatic carbocycles. The van der Waals surface area contributed by atoms with E-state index in [0.29, 0.717) is 0 Å². The lowest BCUT2D eigenvalue weighted by atomic mass is 10.3. The Bertz CT molecular complexity index is 515. The second-order valence-electron chi connectivity index (χ2n) is 2.78. The Kier molecular flexibility index (Phi) is 4.01. The second kappa shape index (κ2) is 4.90. The van der Waals surface area contributed by atoms with Crippen LogP contribution >= 0.6 is 22.3 Å². The Morgan fingerprint density at radius 3 is 2.56 bits per heavy atom. The molecule has 1 aromatic rings. The summed E-state index contributed by atoms with van der Waals surface area (Å²) in [7, 11) is 1.18. The first-order valence-corrected chi connectivity index (χ1v) is 6.65. The average molecular weight is 284 g/mol. The number of hydrogen-bond acceptors (Lipinski definition) is 4. The molecule has 88 valence electrons. The van der Waals surface area contributed by atoms with Gasteiger partial charge in [-0.1, -0.05) is 11.6 Å². The SMILES string of the molecule is NC(=O)COc1ccc(Cl)cc1S(=O)(=O)Cl. The first kappa shape index (κ1) is 13.1. The standard InChI is InChI=1S/C8H7Cl2NO4S/c9-5-1-2-6(15-4-8(11)12)7(3-5)16(10,13)14/h1-3H,4H2,(H2,11,12). The zero-order valence-electron chi connectivity index (χ0n) is 7.81. The number of carbonyl (C=O) groups is 1. The Labute approximate surface area is 102 Å². The largest absolute Gasteiger partial charge is 0.482 e. The third-order valence-corrected chi connectivity index (χ3v) is 3.12. The summed E-state index contributed by atoms with van der Waals surface area (Å²) in [6.45, 7) is -0.443. The number of hydrogen-bond donors (Lipinski definition) is 1. The predicted molar refractivity (Wildman–Crippen MR) is 59.2 cm³/mol. The highest BCUT2D eigenvalue weighted by Gasteiger charge is 2.17. The molecule has 16 heavy (non-hydrogen) atoms. The van der Waals surface area contributed by atoms with Crippen LogP contribution in [0, 0.1) is 0 Å². The van der Waals surface area contributed by atoms with Gasteiger partial charge >= 0.3 is 0 Å². The van der Waals surface area contributed by atoms with Gasteiger partial charge in [0.15, 0.2) is 6.61 Å². The van der Waals surface area contributed by atoms with Gasteiger partial charge in [0.1, 0.15) is 10.6 Å². The molecule has 0 aliphatic rings. The molecule has 8 heteroatoms. The van der Waals surface area contributed by atoms with Crippen LogP contribution < -0.4 is 10.5 Å². The van der Waals surface area contributed by atoms with E-state index in [9.17, 15) is 13.2 Å². The van der Waals surface area contributed by atoms with Crippen LogP contribution in [0.5, 0.6) is 5.75 Å². The number of amides is 1. The highest BCUT2D eigenvalue weighted by atomic mass is 35.7. The smallest absolute Gasteiger partial charge is 0.265 e. The van der Waals surface area contributed by atoms with E-state index in [1.54, 1.807) is 0 Å². The van der Waals surface area contributed by atoms with Crippen molar-refractivity contribution in [2.45, 2.75) is 4.90 Å². The van der Waals surface area contributed by atoms with Crippen molar-refractivity contribution >= 4 is 37.2 Å². The summed E-state index contributed by atoms with van der Waals surface area (Å²) in [6.07, 6.45) is 0. The Balaban J connectivity index is 3.13. The van der Waals surface area contributed by atoms with E-state index in [-0.39, 0.29) is 15.7 Å². The van der Waals surface area contributed by atoms with Gasteiger partial charge in [-0.15, -0.1) is 0 Å².